The summed E-state index contributed by atoms with van der Waals surface area (Å²) in [5.41, 5.74) is 2.81. The van der Waals surface area contributed by atoms with Crippen LogP contribution in [0.5, 0.6) is 0 Å². The predicted octanol–water partition coefficient (Wildman–Crippen LogP) is 6.81. The van der Waals surface area contributed by atoms with Gasteiger partial charge in [-0.3, -0.25) is 14.6 Å². The molecular formula is C33H40N6O5. The fourth-order valence-corrected chi connectivity index (χ4v) is 6.00. The van der Waals surface area contributed by atoms with Gasteiger partial charge in [0.2, 0.25) is 0 Å². The Morgan fingerprint density at radius 2 is 1.11 bits per heavy atom. The van der Waals surface area contributed by atoms with Gasteiger partial charge >= 0.3 is 12.2 Å². The summed E-state index contributed by atoms with van der Waals surface area (Å²) in [6.07, 6.45) is 2.60. The number of carbonyl (C=O) groups excluding carboxylic acids is 3. The molecule has 2 fully saturated rings. The molecule has 0 aliphatic carbocycles. The number of ether oxygens (including phenoxy) is 2. The molecule has 0 saturated carbocycles. The molecule has 4 heterocycles. The molecule has 2 aromatic carbocycles. The Morgan fingerprint density at radius 3 is 1.50 bits per heavy atom. The van der Waals surface area contributed by atoms with Crippen LogP contribution in [-0.4, -0.2) is 72.0 Å². The maximum Gasteiger partial charge on any atom is 0.410 e. The number of nitrogens with one attached hydrogen (secondary N) is 2. The summed E-state index contributed by atoms with van der Waals surface area (Å²) in [6, 6.07) is 10.4. The summed E-state index contributed by atoms with van der Waals surface area (Å²) in [5, 5.41) is 0. The largest absolute Gasteiger partial charge is 0.444 e. The van der Waals surface area contributed by atoms with Crippen molar-refractivity contribution in [3.8, 4) is 0 Å². The van der Waals surface area contributed by atoms with E-state index in [1.165, 1.54) is 0 Å². The number of fused-ring (bicyclic) bond motifs is 2. The van der Waals surface area contributed by atoms with Crippen LogP contribution in [0.15, 0.2) is 36.4 Å². The van der Waals surface area contributed by atoms with E-state index in [1.54, 1.807) is 34.1 Å². The zero-order valence-electron chi connectivity index (χ0n) is 26.2. The van der Waals surface area contributed by atoms with Crippen molar-refractivity contribution in [2.45, 2.75) is 90.5 Å². The van der Waals surface area contributed by atoms with Gasteiger partial charge < -0.3 is 19.4 Å². The number of benzene rings is 2. The lowest BCUT2D eigenvalue weighted by Crippen LogP contribution is -2.36. The first kappa shape index (κ1) is 29.7. The normalized spacial score (nSPS) is 19.2. The van der Waals surface area contributed by atoms with Crippen LogP contribution in [-0.2, 0) is 9.47 Å². The molecule has 2 aliphatic rings. The van der Waals surface area contributed by atoms with Crippen LogP contribution in [0.25, 0.3) is 22.1 Å². The highest BCUT2D eigenvalue weighted by atomic mass is 16.6. The summed E-state index contributed by atoms with van der Waals surface area (Å²) in [4.78, 5) is 58.9. The molecule has 2 atom stereocenters. The molecular weight excluding hydrogens is 560 g/mol. The lowest BCUT2D eigenvalue weighted by atomic mass is 10.0. The third-order valence-electron chi connectivity index (χ3n) is 7.92. The first-order valence-electron chi connectivity index (χ1n) is 15.3. The molecule has 11 nitrogen and oxygen atoms in total. The molecule has 0 spiro atoms. The molecule has 2 N–H and O–H groups in total. The van der Waals surface area contributed by atoms with Crippen molar-refractivity contribution in [1.82, 2.24) is 29.7 Å². The van der Waals surface area contributed by atoms with E-state index in [4.69, 9.17) is 19.4 Å². The quantitative estimate of drug-likeness (QED) is 0.246. The van der Waals surface area contributed by atoms with Gasteiger partial charge in [0, 0.05) is 24.2 Å². The second-order valence-electron chi connectivity index (χ2n) is 13.7. The minimum Gasteiger partial charge on any atom is -0.444 e. The molecule has 2 aromatic heterocycles. The predicted molar refractivity (Wildman–Crippen MR) is 165 cm³/mol. The third kappa shape index (κ3) is 6.00. The van der Waals surface area contributed by atoms with Crippen LogP contribution in [0.2, 0.25) is 0 Å². The van der Waals surface area contributed by atoms with Crippen LogP contribution >= 0.6 is 0 Å². The highest BCUT2D eigenvalue weighted by molar-refractivity contribution is 6.11. The van der Waals surface area contributed by atoms with Crippen molar-refractivity contribution >= 4 is 40.0 Å². The van der Waals surface area contributed by atoms with E-state index < -0.39 is 11.2 Å². The molecule has 2 saturated heterocycles. The summed E-state index contributed by atoms with van der Waals surface area (Å²) in [6.45, 7) is 12.4. The lowest BCUT2D eigenvalue weighted by Gasteiger charge is -2.27. The van der Waals surface area contributed by atoms with E-state index >= 15 is 0 Å². The highest BCUT2D eigenvalue weighted by Crippen LogP contribution is 2.34. The Kier molecular flexibility index (Phi) is 7.37. The van der Waals surface area contributed by atoms with E-state index in [1.807, 2.05) is 53.7 Å². The average molecular weight is 601 g/mol. The molecule has 0 unspecified atom stereocenters. The van der Waals surface area contributed by atoms with E-state index in [0.717, 1.165) is 47.8 Å². The summed E-state index contributed by atoms with van der Waals surface area (Å²) in [5.74, 6) is 1.24. The number of rotatable bonds is 4. The SMILES string of the molecule is CC(C)(C)OC(=O)N1CCC[C@H]1c1nc2ccc(C(=O)c3ccc4nc([C@@H]5CCCN5C(=O)OC(C)(C)C)[nH]c4c3)cc2[nH]1. The van der Waals surface area contributed by atoms with Crippen LogP contribution in [0, 0.1) is 0 Å². The van der Waals surface area contributed by atoms with Crippen molar-refractivity contribution in [1.29, 1.82) is 0 Å². The van der Waals surface area contributed by atoms with E-state index in [2.05, 4.69) is 9.97 Å². The second kappa shape index (κ2) is 10.9. The van der Waals surface area contributed by atoms with E-state index in [9.17, 15) is 14.4 Å². The Hall–Kier alpha value is -4.41. The maximum atomic E-state index is 13.6. The van der Waals surface area contributed by atoms with Gasteiger partial charge in [-0.2, -0.15) is 0 Å². The number of carbonyl (C=O) groups is 3. The molecule has 11 heteroatoms. The Balaban J connectivity index is 1.21. The van der Waals surface area contributed by atoms with Crippen molar-refractivity contribution in [3.05, 3.63) is 59.2 Å². The number of aromatic amines is 2. The third-order valence-corrected chi connectivity index (χ3v) is 7.92. The number of hydrogen-bond donors (Lipinski definition) is 2. The number of aromatic nitrogens is 4. The van der Waals surface area contributed by atoms with Crippen LogP contribution in [0.4, 0.5) is 9.59 Å². The summed E-state index contributed by atoms with van der Waals surface area (Å²) >= 11 is 0. The molecule has 2 aliphatic heterocycles. The van der Waals surface area contributed by atoms with Gasteiger partial charge in [-0.15, -0.1) is 0 Å². The van der Waals surface area contributed by atoms with Crippen molar-refractivity contribution in [3.63, 3.8) is 0 Å². The first-order chi connectivity index (χ1) is 20.8. The second-order valence-corrected chi connectivity index (χ2v) is 13.7. The number of nitrogens with zero attached hydrogens (tertiary/aromatic N) is 4. The number of hydrogen-bond acceptors (Lipinski definition) is 7. The topological polar surface area (TPSA) is 134 Å². The Morgan fingerprint density at radius 1 is 0.705 bits per heavy atom. The van der Waals surface area contributed by atoms with Crippen LogP contribution < -0.4 is 0 Å². The highest BCUT2D eigenvalue weighted by Gasteiger charge is 2.36. The Bertz CT molecular complexity index is 1620. The van der Waals surface area contributed by atoms with Crippen LogP contribution in [0.1, 0.15) is 107 Å². The van der Waals surface area contributed by atoms with Gasteiger partial charge in [0.1, 0.15) is 22.9 Å². The molecule has 0 radical (unpaired) electrons. The minimum atomic E-state index is -0.578. The number of H-pyrrole nitrogens is 2. The smallest absolute Gasteiger partial charge is 0.410 e. The van der Waals surface area contributed by atoms with Crippen LogP contribution in [0.3, 0.4) is 0 Å². The van der Waals surface area contributed by atoms with Gasteiger partial charge in [-0.1, -0.05) is 0 Å². The average Bonchev–Trinajstić information content (AvgIpc) is 3.74. The molecule has 4 aromatic rings. The molecule has 44 heavy (non-hydrogen) atoms. The molecule has 232 valence electrons. The minimum absolute atomic E-state index is 0.131. The van der Waals surface area contributed by atoms with Gasteiger partial charge in [-0.05, 0) is 104 Å². The zero-order chi connectivity index (χ0) is 31.4. The van der Waals surface area contributed by atoms with E-state index in [-0.39, 0.29) is 30.1 Å². The van der Waals surface area contributed by atoms with Crippen molar-refractivity contribution < 1.29 is 23.9 Å². The molecule has 0 bridgehead atoms. The molecule has 6 rings (SSSR count). The fraction of sp³-hybridized carbons (Fsp3) is 0.485. The van der Waals surface area contributed by atoms with Gasteiger partial charge in [0.15, 0.2) is 5.78 Å². The first-order valence-corrected chi connectivity index (χ1v) is 15.3. The van der Waals surface area contributed by atoms with Crippen molar-refractivity contribution in [2.75, 3.05) is 13.1 Å². The fourth-order valence-electron chi connectivity index (χ4n) is 6.00. The molecule has 2 amide bonds. The maximum absolute atomic E-state index is 13.6. The number of likely N-dealkylation sites (tertiary alicyclic amines) is 2. The monoisotopic (exact) mass is 600 g/mol. The lowest BCUT2D eigenvalue weighted by molar-refractivity contribution is 0.0208. The Labute approximate surface area is 256 Å². The number of imidazole rings is 2. The summed E-state index contributed by atoms with van der Waals surface area (Å²) in [7, 11) is 0. The zero-order valence-corrected chi connectivity index (χ0v) is 26.2. The van der Waals surface area contributed by atoms with E-state index in [0.29, 0.717) is 35.9 Å². The van der Waals surface area contributed by atoms with Gasteiger partial charge in [-0.25, -0.2) is 19.6 Å². The van der Waals surface area contributed by atoms with Crippen molar-refractivity contribution in [2.24, 2.45) is 0 Å². The standard InChI is InChI=1S/C33H40N6O5/c1-32(2,3)43-30(41)38-15-7-9-25(38)28-34-21-13-11-19(17-23(21)36-28)27(40)20-12-14-22-24(18-20)37-29(35-22)26-10-8-16-39(26)31(42)44-33(4,5)6/h11-14,17-18,25-26H,7-10,15-16H2,1-6H3,(H,34,36)(H,35,37)/t25-,26-/m0/s1. The van der Waals surface area contributed by atoms with Gasteiger partial charge in [0.25, 0.3) is 0 Å². The van der Waals surface area contributed by atoms with Gasteiger partial charge in [0.05, 0.1) is 34.2 Å². The number of amides is 2. The number of ketones is 1. The summed E-state index contributed by atoms with van der Waals surface area (Å²) < 4.78 is 11.2.